The van der Waals surface area contributed by atoms with Gasteiger partial charge in [0.15, 0.2) is 0 Å². The molecular formula is C7H11N3OS. The minimum absolute atomic E-state index is 0.00958. The topological polar surface area (TPSA) is 70.6 Å². The van der Waals surface area contributed by atoms with Gasteiger partial charge >= 0.3 is 0 Å². The van der Waals surface area contributed by atoms with Gasteiger partial charge in [0.05, 0.1) is 6.04 Å². The van der Waals surface area contributed by atoms with E-state index >= 15 is 0 Å². The first-order chi connectivity index (χ1) is 5.74. The van der Waals surface area contributed by atoms with Gasteiger partial charge in [0.2, 0.25) is 5.96 Å². The maximum absolute atomic E-state index is 8.38. The van der Waals surface area contributed by atoms with Gasteiger partial charge in [-0.05, 0) is 18.4 Å². The van der Waals surface area contributed by atoms with Crippen LogP contribution in [0.25, 0.3) is 0 Å². The Hall–Kier alpha value is -1.07. The van der Waals surface area contributed by atoms with E-state index < -0.39 is 0 Å². The molecule has 1 heterocycles. The number of hydrogen-bond donors (Lipinski definition) is 3. The number of rotatable bonds is 2. The number of aliphatic imine (C=N–C) groups is 1. The van der Waals surface area contributed by atoms with Gasteiger partial charge in [0.1, 0.15) is 0 Å². The van der Waals surface area contributed by atoms with Gasteiger partial charge in [0, 0.05) is 4.88 Å². The van der Waals surface area contributed by atoms with E-state index in [1.165, 1.54) is 0 Å². The highest BCUT2D eigenvalue weighted by molar-refractivity contribution is 7.10. The van der Waals surface area contributed by atoms with Crippen LogP contribution in [0.5, 0.6) is 0 Å². The third-order valence-corrected chi connectivity index (χ3v) is 2.44. The third kappa shape index (κ3) is 2.21. The van der Waals surface area contributed by atoms with E-state index in [2.05, 4.69) is 4.99 Å². The van der Waals surface area contributed by atoms with Crippen molar-refractivity contribution in [2.75, 3.05) is 0 Å². The van der Waals surface area contributed by atoms with E-state index in [1.54, 1.807) is 16.8 Å². The quantitative estimate of drug-likeness (QED) is 0.367. The molecule has 1 atom stereocenters. The maximum atomic E-state index is 8.38. The molecule has 0 spiro atoms. The van der Waals surface area contributed by atoms with Crippen molar-refractivity contribution in [3.05, 3.63) is 22.4 Å². The molecule has 4 N–H and O–H groups in total. The Morgan fingerprint density at radius 2 is 2.58 bits per heavy atom. The smallest absolute Gasteiger partial charge is 0.213 e. The van der Waals surface area contributed by atoms with Gasteiger partial charge in [-0.1, -0.05) is 6.07 Å². The van der Waals surface area contributed by atoms with Gasteiger partial charge in [-0.15, -0.1) is 11.3 Å². The van der Waals surface area contributed by atoms with Crippen molar-refractivity contribution >= 4 is 17.3 Å². The van der Waals surface area contributed by atoms with Crippen molar-refractivity contribution in [1.29, 1.82) is 0 Å². The van der Waals surface area contributed by atoms with Crippen LogP contribution in [-0.2, 0) is 0 Å². The van der Waals surface area contributed by atoms with Crippen molar-refractivity contribution in [1.82, 2.24) is 5.48 Å². The lowest BCUT2D eigenvalue weighted by molar-refractivity contribution is 0.232. The molecule has 0 saturated carbocycles. The summed E-state index contributed by atoms with van der Waals surface area (Å²) in [5.41, 5.74) is 7.06. The Bertz CT molecular complexity index is 258. The first-order valence-corrected chi connectivity index (χ1v) is 4.38. The van der Waals surface area contributed by atoms with Gasteiger partial charge in [-0.25, -0.2) is 10.5 Å². The SMILES string of the molecule is CC(N=C(N)NO)c1cccs1. The van der Waals surface area contributed by atoms with Crippen molar-refractivity contribution in [2.24, 2.45) is 10.7 Å². The Kier molecular flexibility index (Phi) is 3.07. The molecule has 12 heavy (non-hydrogen) atoms. The Morgan fingerprint density at radius 3 is 3.08 bits per heavy atom. The summed E-state index contributed by atoms with van der Waals surface area (Å²) in [6.07, 6.45) is 0. The molecule has 1 unspecified atom stereocenters. The normalized spacial score (nSPS) is 14.3. The van der Waals surface area contributed by atoms with Crippen LogP contribution >= 0.6 is 11.3 Å². The van der Waals surface area contributed by atoms with Crippen LogP contribution in [0, 0.1) is 0 Å². The summed E-state index contributed by atoms with van der Waals surface area (Å²) in [7, 11) is 0. The predicted molar refractivity (Wildman–Crippen MR) is 49.3 cm³/mol. The molecule has 1 aromatic rings. The second-order valence-electron chi connectivity index (χ2n) is 2.32. The van der Waals surface area contributed by atoms with Crippen molar-refractivity contribution in [2.45, 2.75) is 13.0 Å². The number of nitrogens with one attached hydrogen (secondary N) is 1. The first kappa shape index (κ1) is 9.02. The Morgan fingerprint density at radius 1 is 1.83 bits per heavy atom. The van der Waals surface area contributed by atoms with Crippen LogP contribution in [0.4, 0.5) is 0 Å². The Balaban J connectivity index is 2.66. The average molecular weight is 185 g/mol. The highest BCUT2D eigenvalue weighted by atomic mass is 32.1. The van der Waals surface area contributed by atoms with E-state index in [9.17, 15) is 0 Å². The summed E-state index contributed by atoms with van der Waals surface area (Å²) in [6, 6.07) is 3.92. The van der Waals surface area contributed by atoms with Gasteiger partial charge < -0.3 is 5.73 Å². The molecule has 0 aliphatic carbocycles. The van der Waals surface area contributed by atoms with Crippen molar-refractivity contribution < 1.29 is 5.21 Å². The summed E-state index contributed by atoms with van der Waals surface area (Å²) in [4.78, 5) is 5.10. The van der Waals surface area contributed by atoms with Crippen LogP contribution in [-0.4, -0.2) is 11.2 Å². The average Bonchev–Trinajstić information content (AvgIpc) is 2.56. The fraction of sp³-hybridized carbons (Fsp3) is 0.286. The van der Waals surface area contributed by atoms with Gasteiger partial charge in [-0.3, -0.25) is 5.21 Å². The molecule has 0 saturated heterocycles. The zero-order chi connectivity index (χ0) is 8.97. The molecular weight excluding hydrogens is 174 g/mol. The second kappa shape index (κ2) is 4.08. The minimum atomic E-state index is -0.00958. The summed E-state index contributed by atoms with van der Waals surface area (Å²) in [5.74, 6) is 0.0379. The molecule has 1 rings (SSSR count). The number of guanidine groups is 1. The largest absolute Gasteiger partial charge is 0.368 e. The lowest BCUT2D eigenvalue weighted by Crippen LogP contribution is -2.28. The van der Waals surface area contributed by atoms with Crippen molar-refractivity contribution in [3.8, 4) is 0 Å². The van der Waals surface area contributed by atoms with E-state index in [1.807, 2.05) is 24.4 Å². The number of thiophene rings is 1. The molecule has 0 aromatic carbocycles. The molecule has 66 valence electrons. The van der Waals surface area contributed by atoms with Crippen LogP contribution in [0.1, 0.15) is 17.8 Å². The van der Waals surface area contributed by atoms with Gasteiger partial charge in [-0.2, -0.15) is 0 Å². The first-order valence-electron chi connectivity index (χ1n) is 3.51. The summed E-state index contributed by atoms with van der Waals surface area (Å²) in [6.45, 7) is 1.91. The van der Waals surface area contributed by atoms with E-state index in [4.69, 9.17) is 10.9 Å². The summed E-state index contributed by atoms with van der Waals surface area (Å²) in [5, 5.41) is 10.4. The zero-order valence-corrected chi connectivity index (χ0v) is 7.51. The predicted octanol–water partition coefficient (Wildman–Crippen LogP) is 1.10. The molecule has 1 aromatic heterocycles. The molecule has 0 fully saturated rings. The van der Waals surface area contributed by atoms with E-state index in [-0.39, 0.29) is 12.0 Å². The monoisotopic (exact) mass is 185 g/mol. The highest BCUT2D eigenvalue weighted by Crippen LogP contribution is 2.21. The molecule has 4 nitrogen and oxygen atoms in total. The minimum Gasteiger partial charge on any atom is -0.368 e. The molecule has 0 bridgehead atoms. The fourth-order valence-corrected chi connectivity index (χ4v) is 1.55. The molecule has 0 aliphatic rings. The van der Waals surface area contributed by atoms with Crippen LogP contribution < -0.4 is 11.2 Å². The van der Waals surface area contributed by atoms with Crippen LogP contribution in [0.2, 0.25) is 0 Å². The molecule has 0 aliphatic heterocycles. The molecule has 0 radical (unpaired) electrons. The molecule has 0 amide bonds. The van der Waals surface area contributed by atoms with Crippen LogP contribution in [0.3, 0.4) is 0 Å². The molecule has 5 heteroatoms. The summed E-state index contributed by atoms with van der Waals surface area (Å²) < 4.78 is 0. The number of nitrogens with two attached hydrogens (primary N) is 1. The maximum Gasteiger partial charge on any atom is 0.213 e. The van der Waals surface area contributed by atoms with E-state index in [0.717, 1.165) is 4.88 Å². The Labute approximate surface area is 74.7 Å². The number of nitrogens with zero attached hydrogens (tertiary/aromatic N) is 1. The number of hydroxylamine groups is 1. The number of hydrogen-bond acceptors (Lipinski definition) is 3. The zero-order valence-electron chi connectivity index (χ0n) is 6.69. The van der Waals surface area contributed by atoms with E-state index in [0.29, 0.717) is 0 Å². The van der Waals surface area contributed by atoms with Crippen LogP contribution in [0.15, 0.2) is 22.5 Å². The van der Waals surface area contributed by atoms with Crippen molar-refractivity contribution in [3.63, 3.8) is 0 Å². The third-order valence-electron chi connectivity index (χ3n) is 1.40. The highest BCUT2D eigenvalue weighted by Gasteiger charge is 2.03. The summed E-state index contributed by atoms with van der Waals surface area (Å²) >= 11 is 1.61. The fourth-order valence-electron chi connectivity index (χ4n) is 0.830. The lowest BCUT2D eigenvalue weighted by atomic mass is 10.3. The lowest BCUT2D eigenvalue weighted by Gasteiger charge is -2.03. The van der Waals surface area contributed by atoms with Gasteiger partial charge in [0.25, 0.3) is 0 Å². The second-order valence-corrected chi connectivity index (χ2v) is 3.30. The standard InChI is InChI=1S/C7H11N3OS/c1-5(9-7(8)10-11)6-3-2-4-12-6/h2-5,11H,1H3,(H3,8,9,10).